The van der Waals surface area contributed by atoms with Crippen LogP contribution in [0.5, 0.6) is 5.75 Å². The van der Waals surface area contributed by atoms with Crippen LogP contribution in [0.4, 0.5) is 5.69 Å². The first kappa shape index (κ1) is 14.7. The van der Waals surface area contributed by atoms with Crippen LogP contribution in [0.3, 0.4) is 0 Å². The predicted octanol–water partition coefficient (Wildman–Crippen LogP) is 1.45. The first-order valence-corrected chi connectivity index (χ1v) is 7.04. The third-order valence-corrected chi connectivity index (χ3v) is 4.08. The molecule has 20 heavy (non-hydrogen) atoms. The van der Waals surface area contributed by atoms with Gasteiger partial charge in [0.2, 0.25) is 5.91 Å². The van der Waals surface area contributed by atoms with Gasteiger partial charge < -0.3 is 20.7 Å². The van der Waals surface area contributed by atoms with Gasteiger partial charge in [0.1, 0.15) is 11.3 Å². The molecule has 1 saturated heterocycles. The van der Waals surface area contributed by atoms with E-state index in [0.29, 0.717) is 0 Å². The fourth-order valence-corrected chi connectivity index (χ4v) is 2.66. The molecule has 0 bridgehead atoms. The Kier molecular flexibility index (Phi) is 4.49. The van der Waals surface area contributed by atoms with Crippen molar-refractivity contribution in [2.24, 2.45) is 5.73 Å². The van der Waals surface area contributed by atoms with Crippen molar-refractivity contribution in [1.29, 1.82) is 0 Å². The summed E-state index contributed by atoms with van der Waals surface area (Å²) in [5.74, 6) is 0.483. The molecule has 0 atom stereocenters. The van der Waals surface area contributed by atoms with Crippen LogP contribution < -0.4 is 15.8 Å². The second-order valence-electron chi connectivity index (χ2n) is 5.24. The molecule has 1 heterocycles. The third kappa shape index (κ3) is 3.04. The van der Waals surface area contributed by atoms with Crippen molar-refractivity contribution < 1.29 is 9.53 Å². The van der Waals surface area contributed by atoms with Crippen LogP contribution in [-0.2, 0) is 4.79 Å². The van der Waals surface area contributed by atoms with Gasteiger partial charge in [0.15, 0.2) is 0 Å². The Labute approximate surface area is 120 Å². The van der Waals surface area contributed by atoms with Gasteiger partial charge >= 0.3 is 0 Å². The number of nitrogens with zero attached hydrogens (tertiary/aromatic N) is 1. The van der Waals surface area contributed by atoms with Crippen molar-refractivity contribution in [2.75, 3.05) is 32.1 Å². The minimum absolute atomic E-state index is 0.281. The Hall–Kier alpha value is -1.75. The topological polar surface area (TPSA) is 67.6 Å². The number of rotatable bonds is 5. The molecule has 110 valence electrons. The number of benzene rings is 1. The highest BCUT2D eigenvalue weighted by Gasteiger charge is 2.39. The number of carbonyl (C=O) groups is 1. The number of hydrogen-bond donors (Lipinski definition) is 2. The van der Waals surface area contributed by atoms with Gasteiger partial charge in [0.05, 0.1) is 7.11 Å². The second kappa shape index (κ2) is 6.13. The lowest BCUT2D eigenvalue weighted by atomic mass is 9.86. The van der Waals surface area contributed by atoms with Gasteiger partial charge in [0, 0.05) is 24.8 Å². The summed E-state index contributed by atoms with van der Waals surface area (Å²) in [7, 11) is 1.63. The average molecular weight is 277 g/mol. The number of nitrogens with one attached hydrogen (secondary N) is 1. The highest BCUT2D eigenvalue weighted by atomic mass is 16.5. The van der Waals surface area contributed by atoms with E-state index in [2.05, 4.69) is 17.1 Å². The van der Waals surface area contributed by atoms with Crippen molar-refractivity contribution in [2.45, 2.75) is 25.3 Å². The molecular weight excluding hydrogens is 254 g/mol. The molecule has 0 radical (unpaired) electrons. The summed E-state index contributed by atoms with van der Waals surface area (Å²) in [6.07, 6.45) is 1.46. The minimum atomic E-state index is -0.655. The molecule has 1 aromatic rings. The summed E-state index contributed by atoms with van der Waals surface area (Å²) in [4.78, 5) is 14.3. The van der Waals surface area contributed by atoms with E-state index in [4.69, 9.17) is 10.5 Å². The molecule has 0 saturated carbocycles. The van der Waals surface area contributed by atoms with Crippen LogP contribution in [0.25, 0.3) is 0 Å². The molecule has 0 aliphatic carbocycles. The first-order chi connectivity index (χ1) is 9.59. The van der Waals surface area contributed by atoms with Crippen molar-refractivity contribution in [1.82, 2.24) is 4.90 Å². The molecule has 0 unspecified atom stereocenters. The number of methoxy groups -OCH3 is 1. The van der Waals surface area contributed by atoms with Crippen LogP contribution in [-0.4, -0.2) is 43.1 Å². The van der Waals surface area contributed by atoms with Crippen LogP contribution >= 0.6 is 0 Å². The number of carbonyl (C=O) groups excluding carboxylic acids is 1. The Morgan fingerprint density at radius 3 is 2.70 bits per heavy atom. The van der Waals surface area contributed by atoms with E-state index in [9.17, 15) is 4.79 Å². The van der Waals surface area contributed by atoms with Crippen LogP contribution in [0.1, 0.15) is 19.8 Å². The fraction of sp³-hybridized carbons (Fsp3) is 0.533. The number of nitrogens with two attached hydrogens (primary N) is 1. The molecule has 3 N–H and O–H groups in total. The van der Waals surface area contributed by atoms with Gasteiger partial charge in [-0.1, -0.05) is 13.0 Å². The Morgan fingerprint density at radius 2 is 2.15 bits per heavy atom. The van der Waals surface area contributed by atoms with Crippen LogP contribution in [0.2, 0.25) is 0 Å². The third-order valence-electron chi connectivity index (χ3n) is 4.08. The summed E-state index contributed by atoms with van der Waals surface area (Å²) >= 11 is 0. The number of hydrogen-bond acceptors (Lipinski definition) is 4. The van der Waals surface area contributed by atoms with Gasteiger partial charge in [-0.15, -0.1) is 0 Å². The maximum absolute atomic E-state index is 11.9. The summed E-state index contributed by atoms with van der Waals surface area (Å²) in [5, 5.41) is 3.33. The molecular formula is C15H23N3O2. The standard InChI is InChI=1S/C15H23N3O2/c1-3-18-9-7-15(8-10-18,14(16)19)17-12-5-4-6-13(11-12)20-2/h4-6,11,17H,3,7-10H2,1-2H3,(H2,16,19). The van der Waals surface area contributed by atoms with Crippen molar-refractivity contribution in [3.8, 4) is 5.75 Å². The lowest BCUT2D eigenvalue weighted by molar-refractivity contribution is -0.123. The van der Waals surface area contributed by atoms with Gasteiger partial charge in [-0.05, 0) is 31.5 Å². The van der Waals surface area contributed by atoms with Gasteiger partial charge in [0.25, 0.3) is 0 Å². The van der Waals surface area contributed by atoms with E-state index in [0.717, 1.165) is 43.9 Å². The Bertz CT molecular complexity index is 468. The molecule has 5 heteroatoms. The van der Waals surface area contributed by atoms with Crippen molar-refractivity contribution in [3.63, 3.8) is 0 Å². The smallest absolute Gasteiger partial charge is 0.243 e. The minimum Gasteiger partial charge on any atom is -0.497 e. The molecule has 0 aromatic heterocycles. The highest BCUT2D eigenvalue weighted by molar-refractivity contribution is 5.88. The highest BCUT2D eigenvalue weighted by Crippen LogP contribution is 2.28. The van der Waals surface area contributed by atoms with Crippen molar-refractivity contribution >= 4 is 11.6 Å². The zero-order chi connectivity index (χ0) is 14.6. The number of ether oxygens (including phenoxy) is 1. The number of primary amides is 1. The predicted molar refractivity (Wildman–Crippen MR) is 79.9 cm³/mol. The summed E-state index contributed by atoms with van der Waals surface area (Å²) in [6, 6.07) is 7.59. The van der Waals surface area contributed by atoms with Crippen molar-refractivity contribution in [3.05, 3.63) is 24.3 Å². The lowest BCUT2D eigenvalue weighted by Gasteiger charge is -2.40. The monoisotopic (exact) mass is 277 g/mol. The molecule has 1 fully saturated rings. The van der Waals surface area contributed by atoms with E-state index in [1.54, 1.807) is 7.11 Å². The van der Waals surface area contributed by atoms with Gasteiger partial charge in [-0.2, -0.15) is 0 Å². The lowest BCUT2D eigenvalue weighted by Crippen LogP contribution is -2.57. The normalized spacial score (nSPS) is 18.5. The SMILES string of the molecule is CCN1CCC(Nc2cccc(OC)c2)(C(N)=O)CC1. The molecule has 1 aliphatic heterocycles. The maximum Gasteiger partial charge on any atom is 0.243 e. The van der Waals surface area contributed by atoms with E-state index in [1.807, 2.05) is 24.3 Å². The van der Waals surface area contributed by atoms with Gasteiger partial charge in [-0.3, -0.25) is 4.79 Å². The molecule has 5 nitrogen and oxygen atoms in total. The summed E-state index contributed by atoms with van der Waals surface area (Å²) < 4.78 is 5.21. The second-order valence-corrected chi connectivity index (χ2v) is 5.24. The Balaban J connectivity index is 2.15. The molecule has 0 spiro atoms. The largest absolute Gasteiger partial charge is 0.497 e. The number of amides is 1. The van der Waals surface area contributed by atoms with E-state index < -0.39 is 5.54 Å². The molecule has 1 aromatic carbocycles. The van der Waals surface area contributed by atoms with E-state index in [1.165, 1.54) is 0 Å². The van der Waals surface area contributed by atoms with E-state index >= 15 is 0 Å². The summed E-state index contributed by atoms with van der Waals surface area (Å²) in [5.41, 5.74) is 5.87. The summed E-state index contributed by atoms with van der Waals surface area (Å²) in [6.45, 7) is 4.91. The van der Waals surface area contributed by atoms with Gasteiger partial charge in [-0.25, -0.2) is 0 Å². The molecule has 1 aliphatic rings. The number of piperidine rings is 1. The molecule has 1 amide bonds. The zero-order valence-corrected chi connectivity index (χ0v) is 12.2. The average Bonchev–Trinajstić information content (AvgIpc) is 2.48. The first-order valence-electron chi connectivity index (χ1n) is 7.04. The number of anilines is 1. The fourth-order valence-electron chi connectivity index (χ4n) is 2.66. The number of likely N-dealkylation sites (tertiary alicyclic amines) is 1. The van der Waals surface area contributed by atoms with Crippen LogP contribution in [0, 0.1) is 0 Å². The zero-order valence-electron chi connectivity index (χ0n) is 12.2. The molecule has 2 rings (SSSR count). The van der Waals surface area contributed by atoms with Crippen LogP contribution in [0.15, 0.2) is 24.3 Å². The Morgan fingerprint density at radius 1 is 1.45 bits per heavy atom. The quantitative estimate of drug-likeness (QED) is 0.855. The maximum atomic E-state index is 11.9. The van der Waals surface area contributed by atoms with E-state index in [-0.39, 0.29) is 5.91 Å².